The average molecular weight is 295 g/mol. The first-order valence-electron chi connectivity index (χ1n) is 6.41. The summed E-state index contributed by atoms with van der Waals surface area (Å²) in [5.74, 6) is -0.966. The van der Waals surface area contributed by atoms with Crippen LogP contribution in [0.5, 0.6) is 0 Å². The molecule has 1 amide bonds. The van der Waals surface area contributed by atoms with E-state index >= 15 is 0 Å². The number of carbonyl (C=O) groups excluding carboxylic acids is 1. The molecule has 0 saturated heterocycles. The van der Waals surface area contributed by atoms with Crippen molar-refractivity contribution in [3.05, 3.63) is 30.3 Å². The summed E-state index contributed by atoms with van der Waals surface area (Å²) in [6.45, 7) is 0. The van der Waals surface area contributed by atoms with Crippen LogP contribution in [0.25, 0.3) is 0 Å². The summed E-state index contributed by atoms with van der Waals surface area (Å²) >= 11 is 0. The fraction of sp³-hybridized carbons (Fsp3) is 0.429. The van der Waals surface area contributed by atoms with E-state index in [2.05, 4.69) is 5.32 Å². The van der Waals surface area contributed by atoms with Crippen molar-refractivity contribution in [1.82, 2.24) is 0 Å². The summed E-state index contributed by atoms with van der Waals surface area (Å²) in [4.78, 5) is 22.5. The SMILES string of the molecule is O=C(O)CC1(CS(=O)CC(=O)Nc2ccccc2)CC1. The summed E-state index contributed by atoms with van der Waals surface area (Å²) in [6, 6.07) is 8.97. The van der Waals surface area contributed by atoms with Crippen LogP contribution in [0.15, 0.2) is 30.3 Å². The van der Waals surface area contributed by atoms with Gasteiger partial charge in [-0.2, -0.15) is 0 Å². The van der Waals surface area contributed by atoms with Gasteiger partial charge in [0, 0.05) is 22.2 Å². The van der Waals surface area contributed by atoms with Gasteiger partial charge in [-0.25, -0.2) is 0 Å². The Balaban J connectivity index is 1.80. The molecule has 5 nitrogen and oxygen atoms in total. The van der Waals surface area contributed by atoms with E-state index in [0.717, 1.165) is 12.8 Å². The number of para-hydroxylation sites is 1. The standard InChI is InChI=1S/C14H17NO4S/c16-12(15-11-4-2-1-3-5-11)9-20(19)10-14(6-7-14)8-13(17)18/h1-5H,6-10H2,(H,15,16)(H,17,18). The Morgan fingerprint density at radius 2 is 1.90 bits per heavy atom. The van der Waals surface area contributed by atoms with E-state index in [0.29, 0.717) is 11.4 Å². The van der Waals surface area contributed by atoms with Crippen LogP contribution in [0.3, 0.4) is 0 Å². The zero-order chi connectivity index (χ0) is 14.6. The highest BCUT2D eigenvalue weighted by Crippen LogP contribution is 2.49. The molecule has 0 aliphatic heterocycles. The predicted molar refractivity (Wildman–Crippen MR) is 76.9 cm³/mol. The molecule has 1 aliphatic rings. The number of carboxylic acid groups (broad SMARTS) is 1. The Morgan fingerprint density at radius 3 is 2.45 bits per heavy atom. The zero-order valence-corrected chi connectivity index (χ0v) is 11.8. The van der Waals surface area contributed by atoms with Gasteiger partial charge in [-0.15, -0.1) is 0 Å². The second-order valence-corrected chi connectivity index (χ2v) is 6.67. The Morgan fingerprint density at radius 1 is 1.25 bits per heavy atom. The van der Waals surface area contributed by atoms with Crippen molar-refractivity contribution < 1.29 is 18.9 Å². The molecule has 2 rings (SSSR count). The summed E-state index contributed by atoms with van der Waals surface area (Å²) < 4.78 is 11.9. The lowest BCUT2D eigenvalue weighted by atomic mass is 10.1. The fourth-order valence-corrected chi connectivity index (χ4v) is 3.67. The third-order valence-electron chi connectivity index (χ3n) is 3.30. The third-order valence-corrected chi connectivity index (χ3v) is 4.82. The summed E-state index contributed by atoms with van der Waals surface area (Å²) in [5.41, 5.74) is 0.324. The van der Waals surface area contributed by atoms with Crippen LogP contribution in [0.1, 0.15) is 19.3 Å². The number of aliphatic carboxylic acids is 1. The second kappa shape index (κ2) is 6.17. The molecular weight excluding hydrogens is 278 g/mol. The molecule has 0 spiro atoms. The molecular formula is C14H17NO4S. The fourth-order valence-electron chi connectivity index (χ4n) is 2.13. The maximum atomic E-state index is 11.9. The highest BCUT2D eigenvalue weighted by atomic mass is 32.2. The van der Waals surface area contributed by atoms with Gasteiger partial charge in [0.2, 0.25) is 5.91 Å². The monoisotopic (exact) mass is 295 g/mol. The van der Waals surface area contributed by atoms with Gasteiger partial charge in [0.05, 0.1) is 6.42 Å². The van der Waals surface area contributed by atoms with Gasteiger partial charge >= 0.3 is 5.97 Å². The first-order valence-corrected chi connectivity index (χ1v) is 7.90. The van der Waals surface area contributed by atoms with Crippen LogP contribution in [-0.4, -0.2) is 32.7 Å². The van der Waals surface area contributed by atoms with E-state index in [4.69, 9.17) is 5.11 Å². The Kier molecular flexibility index (Phi) is 4.54. The number of hydrogen-bond donors (Lipinski definition) is 2. The zero-order valence-electron chi connectivity index (χ0n) is 11.0. The molecule has 1 fully saturated rings. The number of benzene rings is 1. The van der Waals surface area contributed by atoms with Crippen LogP contribution < -0.4 is 5.32 Å². The van der Waals surface area contributed by atoms with Gasteiger partial charge < -0.3 is 10.4 Å². The van der Waals surface area contributed by atoms with Gasteiger partial charge in [0.25, 0.3) is 0 Å². The molecule has 108 valence electrons. The Labute approximate surface area is 119 Å². The normalized spacial score (nSPS) is 17.2. The van der Waals surface area contributed by atoms with Crippen molar-refractivity contribution in [2.75, 3.05) is 16.8 Å². The lowest BCUT2D eigenvalue weighted by Gasteiger charge is -2.11. The minimum absolute atomic E-state index is 0.0407. The molecule has 0 radical (unpaired) electrons. The molecule has 1 aromatic carbocycles. The lowest BCUT2D eigenvalue weighted by Crippen LogP contribution is -2.25. The highest BCUT2D eigenvalue weighted by Gasteiger charge is 2.45. The summed E-state index contributed by atoms with van der Waals surface area (Å²) in [6.07, 6.45) is 1.61. The largest absolute Gasteiger partial charge is 0.481 e. The maximum Gasteiger partial charge on any atom is 0.303 e. The minimum atomic E-state index is -1.32. The minimum Gasteiger partial charge on any atom is -0.481 e. The highest BCUT2D eigenvalue weighted by molar-refractivity contribution is 7.85. The molecule has 1 aliphatic carbocycles. The van der Waals surface area contributed by atoms with Crippen LogP contribution in [0, 0.1) is 5.41 Å². The van der Waals surface area contributed by atoms with Crippen LogP contribution >= 0.6 is 0 Å². The molecule has 20 heavy (non-hydrogen) atoms. The van der Waals surface area contributed by atoms with E-state index < -0.39 is 16.8 Å². The number of carboxylic acids is 1. The van der Waals surface area contributed by atoms with Gasteiger partial charge in [-0.05, 0) is 30.4 Å². The number of hydrogen-bond acceptors (Lipinski definition) is 3. The van der Waals surface area contributed by atoms with Gasteiger partial charge in [0.1, 0.15) is 5.75 Å². The second-order valence-electron chi connectivity index (χ2n) is 5.21. The first kappa shape index (κ1) is 14.7. The van der Waals surface area contributed by atoms with Gasteiger partial charge in [-0.1, -0.05) is 18.2 Å². The molecule has 2 N–H and O–H groups in total. The Bertz CT molecular complexity index is 525. The van der Waals surface area contributed by atoms with Crippen LogP contribution in [-0.2, 0) is 20.4 Å². The van der Waals surface area contributed by atoms with Crippen molar-refractivity contribution in [3.63, 3.8) is 0 Å². The molecule has 1 aromatic rings. The van der Waals surface area contributed by atoms with E-state index in [-0.39, 0.29) is 23.5 Å². The predicted octanol–water partition coefficient (Wildman–Crippen LogP) is 1.63. The Hall–Kier alpha value is -1.69. The van der Waals surface area contributed by atoms with E-state index in [1.54, 1.807) is 24.3 Å². The number of anilines is 1. The maximum absolute atomic E-state index is 11.9. The molecule has 0 aromatic heterocycles. The molecule has 0 heterocycles. The van der Waals surface area contributed by atoms with Gasteiger partial charge in [0.15, 0.2) is 0 Å². The topological polar surface area (TPSA) is 83.5 Å². The average Bonchev–Trinajstić information content (AvgIpc) is 3.07. The number of amides is 1. The molecule has 1 unspecified atom stereocenters. The van der Waals surface area contributed by atoms with Gasteiger partial charge in [-0.3, -0.25) is 13.8 Å². The molecule has 6 heteroatoms. The molecule has 1 atom stereocenters. The van der Waals surface area contributed by atoms with E-state index in [1.807, 2.05) is 6.07 Å². The van der Waals surface area contributed by atoms with Crippen LogP contribution in [0.4, 0.5) is 5.69 Å². The van der Waals surface area contributed by atoms with Crippen molar-refractivity contribution in [2.45, 2.75) is 19.3 Å². The number of carbonyl (C=O) groups is 2. The summed E-state index contributed by atoms with van der Waals surface area (Å²) in [7, 11) is -1.32. The number of rotatable bonds is 7. The molecule has 1 saturated carbocycles. The smallest absolute Gasteiger partial charge is 0.303 e. The first-order chi connectivity index (χ1) is 9.49. The van der Waals surface area contributed by atoms with Crippen LogP contribution in [0.2, 0.25) is 0 Å². The van der Waals surface area contributed by atoms with Crippen molar-refractivity contribution in [1.29, 1.82) is 0 Å². The van der Waals surface area contributed by atoms with E-state index in [1.165, 1.54) is 0 Å². The van der Waals surface area contributed by atoms with Crippen molar-refractivity contribution >= 4 is 28.4 Å². The van der Waals surface area contributed by atoms with E-state index in [9.17, 15) is 13.8 Å². The van der Waals surface area contributed by atoms with Crippen molar-refractivity contribution in [2.24, 2.45) is 5.41 Å². The summed E-state index contributed by atoms with van der Waals surface area (Å²) in [5, 5.41) is 11.5. The number of nitrogens with one attached hydrogen (secondary N) is 1. The van der Waals surface area contributed by atoms with Crippen molar-refractivity contribution in [3.8, 4) is 0 Å². The third kappa shape index (κ3) is 4.45. The quantitative estimate of drug-likeness (QED) is 0.801. The molecule has 0 bridgehead atoms. The lowest BCUT2D eigenvalue weighted by molar-refractivity contribution is -0.138.